The van der Waals surface area contributed by atoms with Gasteiger partial charge in [0, 0.05) is 4.88 Å². The topological polar surface area (TPSA) is 102 Å². The highest BCUT2D eigenvalue weighted by Crippen LogP contribution is 2.22. The standard InChI is InChI=1S/C18H18N4O4S/c1-11-7-12-17(27-11)20-10-22(18(12)25)9-16(24)19-8-15(23)21-13-5-3-4-6-14(13)26-2/h3-7,10H,8-9H2,1-2H3,(H,19,24)(H,21,23). The van der Waals surface area contributed by atoms with Gasteiger partial charge in [-0.15, -0.1) is 11.3 Å². The van der Waals surface area contributed by atoms with Crippen LogP contribution in [0.5, 0.6) is 5.75 Å². The van der Waals surface area contributed by atoms with Crippen LogP contribution in [0.2, 0.25) is 0 Å². The zero-order valence-corrected chi connectivity index (χ0v) is 15.6. The Bertz CT molecular complexity index is 1060. The smallest absolute Gasteiger partial charge is 0.262 e. The van der Waals surface area contributed by atoms with Crippen LogP contribution in [0.1, 0.15) is 4.88 Å². The molecule has 140 valence electrons. The summed E-state index contributed by atoms with van der Waals surface area (Å²) in [7, 11) is 1.50. The molecule has 0 aliphatic rings. The zero-order chi connectivity index (χ0) is 19.4. The number of ether oxygens (including phenoxy) is 1. The van der Waals surface area contributed by atoms with E-state index in [-0.39, 0.29) is 18.6 Å². The Morgan fingerprint density at radius 1 is 1.26 bits per heavy atom. The summed E-state index contributed by atoms with van der Waals surface area (Å²) in [5.74, 6) is -0.336. The number of fused-ring (bicyclic) bond motifs is 1. The van der Waals surface area contributed by atoms with E-state index in [9.17, 15) is 14.4 Å². The van der Waals surface area contributed by atoms with Gasteiger partial charge in [-0.1, -0.05) is 12.1 Å². The van der Waals surface area contributed by atoms with Gasteiger partial charge in [-0.2, -0.15) is 0 Å². The maximum absolute atomic E-state index is 12.4. The first-order valence-electron chi connectivity index (χ1n) is 8.13. The normalized spacial score (nSPS) is 10.6. The fourth-order valence-electron chi connectivity index (χ4n) is 2.52. The number of thiophene rings is 1. The van der Waals surface area contributed by atoms with Gasteiger partial charge >= 0.3 is 0 Å². The van der Waals surface area contributed by atoms with Gasteiger partial charge in [-0.25, -0.2) is 4.98 Å². The second-order valence-corrected chi connectivity index (χ2v) is 7.01. The van der Waals surface area contributed by atoms with Gasteiger partial charge in [0.05, 0.1) is 31.1 Å². The zero-order valence-electron chi connectivity index (χ0n) is 14.8. The predicted molar refractivity (Wildman–Crippen MR) is 103 cm³/mol. The molecule has 8 nitrogen and oxygen atoms in total. The number of nitrogens with zero attached hydrogens (tertiary/aromatic N) is 2. The number of rotatable bonds is 6. The maximum Gasteiger partial charge on any atom is 0.262 e. The van der Waals surface area contributed by atoms with Gasteiger partial charge in [0.15, 0.2) is 0 Å². The quantitative estimate of drug-likeness (QED) is 0.669. The molecule has 0 saturated carbocycles. The van der Waals surface area contributed by atoms with Gasteiger partial charge in [0.1, 0.15) is 17.1 Å². The SMILES string of the molecule is COc1ccccc1NC(=O)CNC(=O)Cn1cnc2sc(C)cc2c1=O. The van der Waals surface area contributed by atoms with Gasteiger partial charge in [0.25, 0.3) is 5.56 Å². The molecule has 3 aromatic rings. The summed E-state index contributed by atoms with van der Waals surface area (Å²) < 4.78 is 6.38. The fraction of sp³-hybridized carbons (Fsp3) is 0.222. The molecule has 3 rings (SSSR count). The third-order valence-electron chi connectivity index (χ3n) is 3.78. The number of hydrogen-bond donors (Lipinski definition) is 2. The molecule has 2 heterocycles. The monoisotopic (exact) mass is 386 g/mol. The van der Waals surface area contributed by atoms with Crippen LogP contribution in [0.25, 0.3) is 10.2 Å². The second-order valence-electron chi connectivity index (χ2n) is 5.78. The van der Waals surface area contributed by atoms with E-state index in [1.165, 1.54) is 29.3 Å². The number of benzene rings is 1. The summed E-state index contributed by atoms with van der Waals surface area (Å²) in [6.07, 6.45) is 1.34. The van der Waals surface area contributed by atoms with E-state index in [4.69, 9.17) is 4.74 Å². The lowest BCUT2D eigenvalue weighted by Crippen LogP contribution is -2.37. The minimum Gasteiger partial charge on any atom is -0.495 e. The molecule has 9 heteroatoms. The molecule has 27 heavy (non-hydrogen) atoms. The molecular formula is C18H18N4O4S. The lowest BCUT2D eigenvalue weighted by molar-refractivity contribution is -0.124. The molecule has 2 aromatic heterocycles. The first-order chi connectivity index (χ1) is 13.0. The number of aryl methyl sites for hydroxylation is 1. The molecule has 0 fully saturated rings. The van der Waals surface area contributed by atoms with E-state index in [1.54, 1.807) is 30.3 Å². The predicted octanol–water partition coefficient (Wildman–Crippen LogP) is 1.53. The molecule has 0 aliphatic heterocycles. The summed E-state index contributed by atoms with van der Waals surface area (Å²) in [5.41, 5.74) is 0.232. The molecule has 2 N–H and O–H groups in total. The first kappa shape index (κ1) is 18.6. The molecule has 0 aliphatic carbocycles. The Morgan fingerprint density at radius 3 is 2.81 bits per heavy atom. The van der Waals surface area contributed by atoms with Crippen molar-refractivity contribution in [1.82, 2.24) is 14.9 Å². The van der Waals surface area contributed by atoms with Crippen LogP contribution < -0.4 is 20.9 Å². The summed E-state index contributed by atoms with van der Waals surface area (Å²) in [6.45, 7) is 1.46. The van der Waals surface area contributed by atoms with E-state index in [1.807, 2.05) is 6.92 Å². The number of carbonyl (C=O) groups is 2. The van der Waals surface area contributed by atoms with Crippen LogP contribution in [-0.2, 0) is 16.1 Å². The maximum atomic E-state index is 12.4. The average molecular weight is 386 g/mol. The Labute approximate surface area is 158 Å². The van der Waals surface area contributed by atoms with Gasteiger partial charge in [-0.3, -0.25) is 19.0 Å². The highest BCUT2D eigenvalue weighted by atomic mass is 32.1. The van der Waals surface area contributed by atoms with E-state index < -0.39 is 11.8 Å². The Hall–Kier alpha value is -3.20. The minimum atomic E-state index is -0.458. The number of hydrogen-bond acceptors (Lipinski definition) is 6. The number of carbonyl (C=O) groups excluding carboxylic acids is 2. The lowest BCUT2D eigenvalue weighted by Gasteiger charge is -2.10. The van der Waals surface area contributed by atoms with Crippen molar-refractivity contribution in [2.24, 2.45) is 0 Å². The van der Waals surface area contributed by atoms with Gasteiger partial charge < -0.3 is 15.4 Å². The number of para-hydroxylation sites is 2. The summed E-state index contributed by atoms with van der Waals surface area (Å²) in [4.78, 5) is 42.3. The number of amides is 2. The van der Waals surface area contributed by atoms with Crippen molar-refractivity contribution in [1.29, 1.82) is 0 Å². The number of nitrogens with one attached hydrogen (secondary N) is 2. The van der Waals surface area contributed by atoms with Crippen LogP contribution in [0.3, 0.4) is 0 Å². The van der Waals surface area contributed by atoms with Crippen molar-refractivity contribution in [3.8, 4) is 5.75 Å². The third-order valence-corrected chi connectivity index (χ3v) is 4.74. The molecule has 0 saturated heterocycles. The number of anilines is 1. The number of aromatic nitrogens is 2. The molecule has 0 unspecified atom stereocenters. The van der Waals surface area contributed by atoms with Crippen molar-refractivity contribution in [3.63, 3.8) is 0 Å². The van der Waals surface area contributed by atoms with Crippen LogP contribution in [0, 0.1) is 6.92 Å². The Kier molecular flexibility index (Phi) is 5.51. The average Bonchev–Trinajstić information content (AvgIpc) is 3.04. The van der Waals surface area contributed by atoms with Crippen LogP contribution >= 0.6 is 11.3 Å². The van der Waals surface area contributed by atoms with E-state index in [0.717, 1.165) is 4.88 Å². The molecule has 2 amide bonds. The van der Waals surface area contributed by atoms with Crippen LogP contribution in [-0.4, -0.2) is 35.0 Å². The summed E-state index contributed by atoms with van der Waals surface area (Å²) >= 11 is 1.42. The largest absolute Gasteiger partial charge is 0.495 e. The van der Waals surface area contributed by atoms with Crippen LogP contribution in [0.15, 0.2) is 41.5 Å². The van der Waals surface area contributed by atoms with Gasteiger partial charge in [-0.05, 0) is 25.1 Å². The molecule has 0 atom stereocenters. The minimum absolute atomic E-state index is 0.210. The van der Waals surface area contributed by atoms with Crippen LogP contribution in [0.4, 0.5) is 5.69 Å². The molecule has 0 spiro atoms. The van der Waals surface area contributed by atoms with Crippen molar-refractivity contribution < 1.29 is 14.3 Å². The molecule has 0 radical (unpaired) electrons. The van der Waals surface area contributed by atoms with Crippen molar-refractivity contribution in [3.05, 3.63) is 51.9 Å². The van der Waals surface area contributed by atoms with E-state index in [0.29, 0.717) is 21.7 Å². The summed E-state index contributed by atoms with van der Waals surface area (Å²) in [6, 6.07) is 8.72. The highest BCUT2D eigenvalue weighted by Gasteiger charge is 2.12. The molecular weight excluding hydrogens is 368 g/mol. The summed E-state index contributed by atoms with van der Waals surface area (Å²) in [5, 5.41) is 5.64. The Morgan fingerprint density at radius 2 is 2.04 bits per heavy atom. The number of methoxy groups -OCH3 is 1. The van der Waals surface area contributed by atoms with Crippen molar-refractivity contribution >= 4 is 39.1 Å². The van der Waals surface area contributed by atoms with Crippen molar-refractivity contribution in [2.45, 2.75) is 13.5 Å². The second kappa shape index (κ2) is 8.00. The highest BCUT2D eigenvalue weighted by molar-refractivity contribution is 7.18. The fourth-order valence-corrected chi connectivity index (χ4v) is 3.36. The van der Waals surface area contributed by atoms with E-state index >= 15 is 0 Å². The van der Waals surface area contributed by atoms with Gasteiger partial charge in [0.2, 0.25) is 11.8 Å². The Balaban J connectivity index is 1.59. The first-order valence-corrected chi connectivity index (χ1v) is 8.94. The van der Waals surface area contributed by atoms with Crippen molar-refractivity contribution in [2.75, 3.05) is 19.0 Å². The third kappa shape index (κ3) is 4.32. The molecule has 0 bridgehead atoms. The molecule has 1 aromatic carbocycles. The van der Waals surface area contributed by atoms with E-state index in [2.05, 4.69) is 15.6 Å². The lowest BCUT2D eigenvalue weighted by atomic mass is 10.3.